The number of nitrogens with one attached hydrogen (secondary N) is 2. The lowest BCUT2D eigenvalue weighted by Gasteiger charge is -2.23. The lowest BCUT2D eigenvalue weighted by molar-refractivity contribution is 0.0502. The molecular weight excluding hydrogens is 320 g/mol. The van der Waals surface area contributed by atoms with Crippen LogP contribution < -0.4 is 20.1 Å². The van der Waals surface area contributed by atoms with Crippen LogP contribution in [0, 0.1) is 0 Å². The van der Waals surface area contributed by atoms with Gasteiger partial charge in [-0.15, -0.1) is 0 Å². The van der Waals surface area contributed by atoms with Crippen LogP contribution in [0.5, 0.6) is 11.5 Å². The van der Waals surface area contributed by atoms with Crippen LogP contribution in [0.1, 0.15) is 46.1 Å². The van der Waals surface area contributed by atoms with Crippen LogP contribution in [0.3, 0.4) is 0 Å². The van der Waals surface area contributed by atoms with Gasteiger partial charge in [-0.3, -0.25) is 0 Å². The number of carbonyl (C=O) groups excluding carboxylic acids is 1. The van der Waals surface area contributed by atoms with Gasteiger partial charge in [0.1, 0.15) is 5.60 Å². The Kier molecular flexibility index (Phi) is 6.93. The van der Waals surface area contributed by atoms with E-state index in [9.17, 15) is 4.79 Å². The molecule has 6 heteroatoms. The predicted molar refractivity (Wildman–Crippen MR) is 97.2 cm³/mol. The van der Waals surface area contributed by atoms with Crippen LogP contribution in [0.15, 0.2) is 18.2 Å². The fourth-order valence-corrected chi connectivity index (χ4v) is 2.48. The van der Waals surface area contributed by atoms with E-state index in [1.165, 1.54) is 0 Å². The molecular formula is C19H30N2O4. The first-order chi connectivity index (χ1) is 11.9. The van der Waals surface area contributed by atoms with E-state index in [1.807, 2.05) is 45.9 Å². The van der Waals surface area contributed by atoms with E-state index < -0.39 is 5.60 Å². The monoisotopic (exact) mass is 350 g/mol. The van der Waals surface area contributed by atoms with Crippen LogP contribution in [0.2, 0.25) is 0 Å². The molecule has 1 amide bonds. The normalized spacial score (nSPS) is 15.2. The standard InChI is InChI=1S/C19H30N2O4/c1-5-15(21-18(22)25-19(2,3)4)13-20-12-14-7-8-16-17(11-14)24-10-6-9-23-16/h7-8,11,15,20H,5-6,9-10,12-13H2,1-4H3,(H,21,22). The number of ether oxygens (including phenoxy) is 3. The number of fused-ring (bicyclic) bond motifs is 1. The molecule has 0 fully saturated rings. The van der Waals surface area contributed by atoms with Crippen molar-refractivity contribution < 1.29 is 19.0 Å². The minimum atomic E-state index is -0.486. The Balaban J connectivity index is 1.80. The zero-order valence-electron chi connectivity index (χ0n) is 15.7. The summed E-state index contributed by atoms with van der Waals surface area (Å²) in [6.07, 6.45) is 1.35. The summed E-state index contributed by atoms with van der Waals surface area (Å²) in [6, 6.07) is 6.02. The third-order valence-electron chi connectivity index (χ3n) is 3.75. The fraction of sp³-hybridized carbons (Fsp3) is 0.632. The second-order valence-corrected chi connectivity index (χ2v) is 7.21. The molecule has 0 saturated heterocycles. The molecule has 0 saturated carbocycles. The van der Waals surface area contributed by atoms with Gasteiger partial charge in [0.25, 0.3) is 0 Å². The van der Waals surface area contributed by atoms with Gasteiger partial charge in [-0.2, -0.15) is 0 Å². The smallest absolute Gasteiger partial charge is 0.407 e. The highest BCUT2D eigenvalue weighted by Crippen LogP contribution is 2.30. The van der Waals surface area contributed by atoms with Crippen molar-refractivity contribution in [1.29, 1.82) is 0 Å². The molecule has 6 nitrogen and oxygen atoms in total. The zero-order valence-corrected chi connectivity index (χ0v) is 15.7. The SMILES string of the molecule is CCC(CNCc1ccc2c(c1)OCCCO2)NC(=O)OC(C)(C)C. The van der Waals surface area contributed by atoms with Crippen molar-refractivity contribution in [2.45, 2.75) is 58.7 Å². The Morgan fingerprint density at radius 2 is 1.96 bits per heavy atom. The molecule has 1 heterocycles. The van der Waals surface area contributed by atoms with Gasteiger partial charge in [-0.05, 0) is 44.9 Å². The summed E-state index contributed by atoms with van der Waals surface area (Å²) in [5, 5.41) is 6.28. The molecule has 2 rings (SSSR count). The molecule has 1 unspecified atom stereocenters. The van der Waals surface area contributed by atoms with Crippen molar-refractivity contribution in [3.8, 4) is 11.5 Å². The molecule has 0 aromatic heterocycles. The number of carbonyl (C=O) groups is 1. The summed E-state index contributed by atoms with van der Waals surface area (Å²) in [7, 11) is 0. The van der Waals surface area contributed by atoms with Gasteiger partial charge in [-0.25, -0.2) is 4.79 Å². The lowest BCUT2D eigenvalue weighted by atomic mass is 10.2. The van der Waals surface area contributed by atoms with E-state index in [-0.39, 0.29) is 12.1 Å². The van der Waals surface area contributed by atoms with Gasteiger partial charge in [0.15, 0.2) is 11.5 Å². The Morgan fingerprint density at radius 3 is 2.64 bits per heavy atom. The lowest BCUT2D eigenvalue weighted by Crippen LogP contribution is -2.43. The van der Waals surface area contributed by atoms with E-state index in [1.54, 1.807) is 0 Å². The maximum atomic E-state index is 11.9. The van der Waals surface area contributed by atoms with Crippen molar-refractivity contribution in [2.24, 2.45) is 0 Å². The van der Waals surface area contributed by atoms with Crippen LogP contribution in [-0.4, -0.2) is 37.5 Å². The largest absolute Gasteiger partial charge is 0.490 e. The number of rotatable bonds is 6. The van der Waals surface area contributed by atoms with Crippen molar-refractivity contribution >= 4 is 6.09 Å². The van der Waals surface area contributed by atoms with E-state index >= 15 is 0 Å². The van der Waals surface area contributed by atoms with Crippen LogP contribution >= 0.6 is 0 Å². The van der Waals surface area contributed by atoms with E-state index in [4.69, 9.17) is 14.2 Å². The topological polar surface area (TPSA) is 68.8 Å². The molecule has 1 aromatic rings. The molecule has 2 N–H and O–H groups in total. The maximum Gasteiger partial charge on any atom is 0.407 e. The summed E-state index contributed by atoms with van der Waals surface area (Å²) in [6.45, 7) is 10.4. The molecule has 1 aromatic carbocycles. The van der Waals surface area contributed by atoms with Gasteiger partial charge in [0, 0.05) is 25.6 Å². The quantitative estimate of drug-likeness (QED) is 0.824. The van der Waals surface area contributed by atoms with E-state index in [0.717, 1.165) is 29.9 Å². The third-order valence-corrected chi connectivity index (χ3v) is 3.75. The highest BCUT2D eigenvalue weighted by molar-refractivity contribution is 5.68. The summed E-state index contributed by atoms with van der Waals surface area (Å²) in [5.41, 5.74) is 0.635. The Labute approximate surface area is 150 Å². The number of hydrogen-bond acceptors (Lipinski definition) is 5. The average Bonchev–Trinajstić information content (AvgIpc) is 2.77. The average molecular weight is 350 g/mol. The van der Waals surface area contributed by atoms with Crippen molar-refractivity contribution in [3.05, 3.63) is 23.8 Å². The van der Waals surface area contributed by atoms with Gasteiger partial charge < -0.3 is 24.8 Å². The number of hydrogen-bond donors (Lipinski definition) is 2. The Hall–Kier alpha value is -1.95. The summed E-state index contributed by atoms with van der Waals surface area (Å²) in [5.74, 6) is 1.61. The molecule has 1 aliphatic heterocycles. The first kappa shape index (κ1) is 19.4. The number of alkyl carbamates (subject to hydrolysis) is 1. The molecule has 0 aliphatic carbocycles. The van der Waals surface area contributed by atoms with Crippen molar-refractivity contribution in [1.82, 2.24) is 10.6 Å². The minimum absolute atomic E-state index is 0.0234. The molecule has 0 radical (unpaired) electrons. The van der Waals surface area contributed by atoms with E-state index in [2.05, 4.69) is 10.6 Å². The summed E-state index contributed by atoms with van der Waals surface area (Å²) >= 11 is 0. The van der Waals surface area contributed by atoms with Crippen LogP contribution in [0.25, 0.3) is 0 Å². The highest BCUT2D eigenvalue weighted by Gasteiger charge is 2.18. The molecule has 0 spiro atoms. The molecule has 25 heavy (non-hydrogen) atoms. The maximum absolute atomic E-state index is 11.9. The first-order valence-corrected chi connectivity index (χ1v) is 8.96. The first-order valence-electron chi connectivity index (χ1n) is 8.96. The summed E-state index contributed by atoms with van der Waals surface area (Å²) < 4.78 is 16.7. The molecule has 140 valence electrons. The van der Waals surface area contributed by atoms with Crippen LogP contribution in [-0.2, 0) is 11.3 Å². The Morgan fingerprint density at radius 1 is 1.24 bits per heavy atom. The predicted octanol–water partition coefficient (Wildman–Crippen LogP) is 3.24. The molecule has 1 atom stereocenters. The van der Waals surface area contributed by atoms with Gasteiger partial charge in [-0.1, -0.05) is 13.0 Å². The van der Waals surface area contributed by atoms with Crippen LogP contribution in [0.4, 0.5) is 4.79 Å². The van der Waals surface area contributed by atoms with E-state index in [0.29, 0.717) is 26.3 Å². The Bertz CT molecular complexity index is 569. The second kappa shape index (κ2) is 8.94. The second-order valence-electron chi connectivity index (χ2n) is 7.21. The van der Waals surface area contributed by atoms with Gasteiger partial charge in [0.2, 0.25) is 0 Å². The van der Waals surface area contributed by atoms with Crippen molar-refractivity contribution in [2.75, 3.05) is 19.8 Å². The fourth-order valence-electron chi connectivity index (χ4n) is 2.48. The van der Waals surface area contributed by atoms with Gasteiger partial charge in [0.05, 0.1) is 13.2 Å². The number of amides is 1. The highest BCUT2D eigenvalue weighted by atomic mass is 16.6. The summed E-state index contributed by atoms with van der Waals surface area (Å²) in [4.78, 5) is 11.9. The van der Waals surface area contributed by atoms with Gasteiger partial charge >= 0.3 is 6.09 Å². The zero-order chi connectivity index (χ0) is 18.3. The molecule has 0 bridgehead atoms. The third kappa shape index (κ3) is 6.82. The van der Waals surface area contributed by atoms with Crippen molar-refractivity contribution in [3.63, 3.8) is 0 Å². The molecule has 1 aliphatic rings. The minimum Gasteiger partial charge on any atom is -0.490 e. The number of benzene rings is 1.